The van der Waals surface area contributed by atoms with Gasteiger partial charge in [0.25, 0.3) is 0 Å². The molecule has 0 aliphatic carbocycles. The van der Waals surface area contributed by atoms with Gasteiger partial charge in [0.05, 0.1) is 12.2 Å². The molecule has 1 atom stereocenters. The number of ether oxygens (including phenoxy) is 2. The molecule has 1 unspecified atom stereocenters. The van der Waals surface area contributed by atoms with Crippen molar-refractivity contribution in [1.82, 2.24) is 9.97 Å². The number of nitrogens with one attached hydrogen (secondary N) is 1. The topological polar surface area (TPSA) is 56.3 Å². The fraction of sp³-hybridized carbons (Fsp3) is 0.714. The molecule has 0 aliphatic rings. The zero-order valence-corrected chi connectivity index (χ0v) is 13.0. The lowest BCUT2D eigenvalue weighted by atomic mass is 9.95. The van der Waals surface area contributed by atoms with Gasteiger partial charge in [0.15, 0.2) is 0 Å². The highest BCUT2D eigenvalue weighted by molar-refractivity contribution is 5.48. The van der Waals surface area contributed by atoms with E-state index in [1.807, 2.05) is 20.9 Å². The maximum Gasteiger partial charge on any atom is 0.222 e. The molecular weight excluding hydrogens is 242 g/mol. The van der Waals surface area contributed by atoms with E-state index in [2.05, 4.69) is 36.1 Å². The van der Waals surface area contributed by atoms with Crippen LogP contribution in [-0.4, -0.2) is 36.8 Å². The molecule has 0 radical (unpaired) electrons. The summed E-state index contributed by atoms with van der Waals surface area (Å²) in [7, 11) is 3.51. The normalized spacial score (nSPS) is 13.2. The number of hydrogen-bond donors (Lipinski definition) is 1. The van der Waals surface area contributed by atoms with E-state index < -0.39 is 0 Å². The molecule has 0 aromatic carbocycles. The van der Waals surface area contributed by atoms with Gasteiger partial charge in [-0.3, -0.25) is 0 Å². The number of hydrogen-bond acceptors (Lipinski definition) is 5. The van der Waals surface area contributed by atoms with Gasteiger partial charge in [-0.15, -0.1) is 0 Å². The number of methoxy groups -OCH3 is 1. The zero-order chi connectivity index (χ0) is 14.6. The van der Waals surface area contributed by atoms with Gasteiger partial charge in [-0.2, -0.15) is 4.98 Å². The highest BCUT2D eigenvalue weighted by Crippen LogP contribution is 2.27. The Kier molecular flexibility index (Phi) is 5.11. The molecule has 5 heteroatoms. The first-order valence-corrected chi connectivity index (χ1v) is 6.52. The summed E-state index contributed by atoms with van der Waals surface area (Å²) in [5.41, 5.74) is 0.792. The van der Waals surface area contributed by atoms with Crippen molar-refractivity contribution in [2.45, 2.75) is 46.1 Å². The second-order valence-corrected chi connectivity index (χ2v) is 5.71. The van der Waals surface area contributed by atoms with Gasteiger partial charge in [-0.25, -0.2) is 4.98 Å². The fourth-order valence-electron chi connectivity index (χ4n) is 1.65. The largest absolute Gasteiger partial charge is 0.472 e. The fourth-order valence-corrected chi connectivity index (χ4v) is 1.65. The van der Waals surface area contributed by atoms with Crippen molar-refractivity contribution in [1.29, 1.82) is 0 Å². The summed E-state index contributed by atoms with van der Waals surface area (Å²) in [6.07, 6.45) is -0.0453. The van der Waals surface area contributed by atoms with Crippen LogP contribution in [0.1, 0.15) is 39.1 Å². The molecule has 5 nitrogen and oxygen atoms in total. The first-order valence-electron chi connectivity index (χ1n) is 6.52. The van der Waals surface area contributed by atoms with E-state index in [1.54, 1.807) is 7.11 Å². The molecule has 1 aromatic heterocycles. The smallest absolute Gasteiger partial charge is 0.222 e. The maximum absolute atomic E-state index is 5.85. The Bertz CT molecular complexity index is 427. The average molecular weight is 267 g/mol. The van der Waals surface area contributed by atoms with Gasteiger partial charge in [-0.05, 0) is 13.8 Å². The standard InChI is InChI=1S/C14H25N3O2/c1-9(8-18-7)19-12-10(2)11(15-6)16-13(17-12)14(3,4)5/h9H,8H2,1-7H3,(H,15,16,17). The van der Waals surface area contributed by atoms with Crippen molar-refractivity contribution < 1.29 is 9.47 Å². The van der Waals surface area contributed by atoms with E-state index in [0.29, 0.717) is 12.5 Å². The second kappa shape index (κ2) is 6.19. The van der Waals surface area contributed by atoms with Crippen LogP contribution in [0.2, 0.25) is 0 Å². The third kappa shape index (κ3) is 4.06. The van der Waals surface area contributed by atoms with Gasteiger partial charge in [-0.1, -0.05) is 20.8 Å². The van der Waals surface area contributed by atoms with Crippen LogP contribution in [0, 0.1) is 6.92 Å². The average Bonchev–Trinajstić information content (AvgIpc) is 2.30. The highest BCUT2D eigenvalue weighted by atomic mass is 16.5. The van der Waals surface area contributed by atoms with Crippen LogP contribution in [0.4, 0.5) is 5.82 Å². The summed E-state index contributed by atoms with van der Waals surface area (Å²) in [4.78, 5) is 9.09. The SMILES string of the molecule is CNc1nc(C(C)(C)C)nc(OC(C)COC)c1C. The predicted molar refractivity (Wildman–Crippen MR) is 77.0 cm³/mol. The van der Waals surface area contributed by atoms with E-state index in [-0.39, 0.29) is 11.5 Å². The Morgan fingerprint density at radius 1 is 1.26 bits per heavy atom. The molecule has 1 heterocycles. The molecule has 1 rings (SSSR count). The Morgan fingerprint density at radius 3 is 2.37 bits per heavy atom. The quantitative estimate of drug-likeness (QED) is 0.888. The summed E-state index contributed by atoms with van der Waals surface area (Å²) in [5.74, 6) is 2.19. The first kappa shape index (κ1) is 15.7. The molecule has 0 bridgehead atoms. The van der Waals surface area contributed by atoms with Crippen LogP contribution in [0.25, 0.3) is 0 Å². The van der Waals surface area contributed by atoms with Crippen LogP contribution < -0.4 is 10.1 Å². The molecule has 1 N–H and O–H groups in total. The summed E-state index contributed by atoms with van der Waals surface area (Å²) in [6.45, 7) is 10.7. The predicted octanol–water partition coefficient (Wildman–Crippen LogP) is 2.54. The minimum absolute atomic E-state index is 0.0453. The van der Waals surface area contributed by atoms with Gasteiger partial charge in [0.2, 0.25) is 5.88 Å². The molecule has 0 amide bonds. The van der Waals surface area contributed by atoms with Gasteiger partial charge < -0.3 is 14.8 Å². The van der Waals surface area contributed by atoms with Crippen molar-refractivity contribution in [3.8, 4) is 5.88 Å². The lowest BCUT2D eigenvalue weighted by Crippen LogP contribution is -2.22. The van der Waals surface area contributed by atoms with Crippen LogP contribution in [0.3, 0.4) is 0 Å². The van der Waals surface area contributed by atoms with Gasteiger partial charge in [0.1, 0.15) is 17.7 Å². The molecule has 108 valence electrons. The number of nitrogens with zero attached hydrogens (tertiary/aromatic N) is 2. The lowest BCUT2D eigenvalue weighted by molar-refractivity contribution is 0.0880. The van der Waals surface area contributed by atoms with Crippen molar-refractivity contribution in [2.24, 2.45) is 0 Å². The molecule has 1 aromatic rings. The number of aromatic nitrogens is 2. The molecule has 19 heavy (non-hydrogen) atoms. The highest BCUT2D eigenvalue weighted by Gasteiger charge is 2.22. The van der Waals surface area contributed by atoms with Crippen molar-refractivity contribution in [2.75, 3.05) is 26.1 Å². The Balaban J connectivity index is 3.15. The maximum atomic E-state index is 5.85. The second-order valence-electron chi connectivity index (χ2n) is 5.71. The summed E-state index contributed by atoms with van der Waals surface area (Å²) >= 11 is 0. The summed E-state index contributed by atoms with van der Waals surface area (Å²) in [6, 6.07) is 0. The van der Waals surface area contributed by atoms with Gasteiger partial charge >= 0.3 is 0 Å². The lowest BCUT2D eigenvalue weighted by Gasteiger charge is -2.21. The molecule has 0 saturated heterocycles. The van der Waals surface area contributed by atoms with E-state index in [0.717, 1.165) is 17.2 Å². The third-order valence-electron chi connectivity index (χ3n) is 2.72. The number of rotatable bonds is 5. The van der Waals surface area contributed by atoms with Crippen molar-refractivity contribution in [3.05, 3.63) is 11.4 Å². The van der Waals surface area contributed by atoms with E-state index in [4.69, 9.17) is 9.47 Å². The van der Waals surface area contributed by atoms with Crippen molar-refractivity contribution >= 4 is 5.82 Å². The molecular formula is C14H25N3O2. The Hall–Kier alpha value is -1.36. The molecule has 0 fully saturated rings. The van der Waals surface area contributed by atoms with Crippen LogP contribution in [0.5, 0.6) is 5.88 Å². The van der Waals surface area contributed by atoms with E-state index >= 15 is 0 Å². The van der Waals surface area contributed by atoms with Crippen LogP contribution >= 0.6 is 0 Å². The molecule has 0 aliphatic heterocycles. The van der Waals surface area contributed by atoms with Crippen LogP contribution in [-0.2, 0) is 10.2 Å². The first-order chi connectivity index (χ1) is 8.79. The summed E-state index contributed by atoms with van der Waals surface area (Å²) < 4.78 is 10.9. The van der Waals surface area contributed by atoms with Crippen molar-refractivity contribution in [3.63, 3.8) is 0 Å². The zero-order valence-electron chi connectivity index (χ0n) is 13.0. The number of anilines is 1. The minimum atomic E-state index is -0.123. The van der Waals surface area contributed by atoms with Gasteiger partial charge in [0, 0.05) is 19.6 Å². The molecule has 0 spiro atoms. The monoisotopic (exact) mass is 267 g/mol. The van der Waals surface area contributed by atoms with E-state index in [9.17, 15) is 0 Å². The summed E-state index contributed by atoms with van der Waals surface area (Å²) in [5, 5.41) is 3.09. The van der Waals surface area contributed by atoms with Crippen LogP contribution in [0.15, 0.2) is 0 Å². The Morgan fingerprint density at radius 2 is 1.89 bits per heavy atom. The van der Waals surface area contributed by atoms with E-state index in [1.165, 1.54) is 0 Å². The minimum Gasteiger partial charge on any atom is -0.472 e. The third-order valence-corrected chi connectivity index (χ3v) is 2.72. The molecule has 0 saturated carbocycles. The Labute approximate surface area is 115 Å².